The lowest BCUT2D eigenvalue weighted by molar-refractivity contribution is 0.102. The van der Waals surface area contributed by atoms with Crippen molar-refractivity contribution in [3.63, 3.8) is 0 Å². The Labute approximate surface area is 142 Å². The van der Waals surface area contributed by atoms with Gasteiger partial charge in [0.1, 0.15) is 5.82 Å². The molecule has 0 unspecified atom stereocenters. The predicted octanol–water partition coefficient (Wildman–Crippen LogP) is 3.19. The second kappa shape index (κ2) is 6.84. The third-order valence-corrected chi connectivity index (χ3v) is 3.81. The van der Waals surface area contributed by atoms with E-state index in [1.165, 1.54) is 18.3 Å². The second-order valence-corrected chi connectivity index (χ2v) is 5.61. The van der Waals surface area contributed by atoms with E-state index in [1.54, 1.807) is 34.0 Å². The number of aryl methyl sites for hydroxylation is 1. The zero-order valence-electron chi connectivity index (χ0n) is 12.9. The van der Waals surface area contributed by atoms with Gasteiger partial charge in [0.05, 0.1) is 30.2 Å². The summed E-state index contributed by atoms with van der Waals surface area (Å²) in [5.74, 6) is -0.640. The second-order valence-electron chi connectivity index (χ2n) is 5.20. The Bertz CT molecular complexity index is 873. The molecule has 3 rings (SSSR count). The van der Waals surface area contributed by atoms with Crippen LogP contribution in [0.3, 0.4) is 0 Å². The molecule has 0 bridgehead atoms. The highest BCUT2D eigenvalue weighted by Gasteiger charge is 2.10. The van der Waals surface area contributed by atoms with Gasteiger partial charge in [-0.15, -0.1) is 0 Å². The van der Waals surface area contributed by atoms with Gasteiger partial charge in [0.15, 0.2) is 0 Å². The minimum atomic E-state index is -0.384. The van der Waals surface area contributed by atoms with E-state index in [9.17, 15) is 9.18 Å². The lowest BCUT2D eigenvalue weighted by Crippen LogP contribution is -2.10. The van der Waals surface area contributed by atoms with Crippen molar-refractivity contribution in [2.75, 3.05) is 5.32 Å². The fourth-order valence-electron chi connectivity index (χ4n) is 2.20. The molecule has 3 aromatic rings. The molecule has 0 radical (unpaired) electrons. The van der Waals surface area contributed by atoms with Gasteiger partial charge in [0.25, 0.3) is 5.91 Å². The molecule has 0 fully saturated rings. The summed E-state index contributed by atoms with van der Waals surface area (Å²) in [6, 6.07) is 4.21. The van der Waals surface area contributed by atoms with Crippen LogP contribution in [0, 0.1) is 5.82 Å². The molecule has 124 valence electrons. The molecule has 0 aliphatic carbocycles. The fourth-order valence-corrected chi connectivity index (χ4v) is 2.42. The monoisotopic (exact) mass is 347 g/mol. The van der Waals surface area contributed by atoms with Crippen LogP contribution in [0.1, 0.15) is 22.8 Å². The first kappa shape index (κ1) is 16.2. The molecule has 0 aliphatic rings. The third kappa shape index (κ3) is 3.62. The molecule has 0 atom stereocenters. The Kier molecular flexibility index (Phi) is 4.61. The van der Waals surface area contributed by atoms with Crippen molar-refractivity contribution >= 4 is 23.2 Å². The highest BCUT2D eigenvalue weighted by Crippen LogP contribution is 2.19. The molecule has 0 aliphatic heterocycles. The molecular formula is C16H15ClFN5O. The molecule has 24 heavy (non-hydrogen) atoms. The number of anilines is 1. The number of rotatable bonds is 5. The van der Waals surface area contributed by atoms with Crippen molar-refractivity contribution in [2.24, 2.45) is 0 Å². The lowest BCUT2D eigenvalue weighted by Gasteiger charge is -2.04. The summed E-state index contributed by atoms with van der Waals surface area (Å²) < 4.78 is 16.4. The van der Waals surface area contributed by atoms with E-state index < -0.39 is 0 Å². The van der Waals surface area contributed by atoms with Crippen molar-refractivity contribution in [3.8, 4) is 0 Å². The molecule has 0 saturated heterocycles. The maximum Gasteiger partial charge on any atom is 0.258 e. The van der Waals surface area contributed by atoms with Gasteiger partial charge in [-0.3, -0.25) is 14.2 Å². The number of halogens is 2. The largest absolute Gasteiger partial charge is 0.319 e. The minimum Gasteiger partial charge on any atom is -0.319 e. The molecule has 1 N–H and O–H groups in total. The molecule has 0 saturated carbocycles. The number of carbonyl (C=O) groups excluding carboxylic acids is 1. The molecule has 0 spiro atoms. The van der Waals surface area contributed by atoms with Crippen molar-refractivity contribution < 1.29 is 9.18 Å². The van der Waals surface area contributed by atoms with Crippen LogP contribution in [0.15, 0.2) is 43.0 Å². The zero-order valence-corrected chi connectivity index (χ0v) is 13.7. The van der Waals surface area contributed by atoms with Crippen molar-refractivity contribution in [1.29, 1.82) is 0 Å². The van der Waals surface area contributed by atoms with Gasteiger partial charge < -0.3 is 5.32 Å². The third-order valence-electron chi connectivity index (χ3n) is 3.46. The summed E-state index contributed by atoms with van der Waals surface area (Å²) in [6.45, 7) is 3.02. The van der Waals surface area contributed by atoms with Crippen LogP contribution in [-0.4, -0.2) is 25.5 Å². The van der Waals surface area contributed by atoms with E-state index in [4.69, 9.17) is 11.6 Å². The number of nitrogens with zero attached hydrogens (tertiary/aromatic N) is 4. The standard InChI is InChI=1S/C16H15ClFN5O/c1-2-22-9-12(6-19-22)16(24)21-14-7-20-23(10-14)8-11-3-4-13(18)5-15(11)17/h3-7,9-10H,2,8H2,1H3,(H,21,24). The molecule has 1 amide bonds. The maximum absolute atomic E-state index is 13.1. The zero-order chi connectivity index (χ0) is 17.1. The van der Waals surface area contributed by atoms with Crippen LogP contribution in [0.5, 0.6) is 0 Å². The van der Waals surface area contributed by atoms with Gasteiger partial charge in [-0.05, 0) is 24.6 Å². The Balaban J connectivity index is 1.68. The SMILES string of the molecule is CCn1cc(C(=O)Nc2cnn(Cc3ccc(F)cc3Cl)c2)cn1. The van der Waals surface area contributed by atoms with Crippen molar-refractivity contribution in [3.05, 3.63) is 65.0 Å². The Morgan fingerprint density at radius 1 is 1.25 bits per heavy atom. The summed E-state index contributed by atoms with van der Waals surface area (Å²) in [7, 11) is 0. The Morgan fingerprint density at radius 3 is 2.75 bits per heavy atom. The van der Waals surface area contributed by atoms with Gasteiger partial charge >= 0.3 is 0 Å². The number of aromatic nitrogens is 4. The van der Waals surface area contributed by atoms with E-state index in [2.05, 4.69) is 15.5 Å². The Hall–Kier alpha value is -2.67. The highest BCUT2D eigenvalue weighted by atomic mass is 35.5. The van der Waals surface area contributed by atoms with E-state index in [1.807, 2.05) is 6.92 Å². The van der Waals surface area contributed by atoms with Gasteiger partial charge in [0, 0.05) is 24.0 Å². The number of hydrogen-bond donors (Lipinski definition) is 1. The summed E-state index contributed by atoms with van der Waals surface area (Å²) in [5, 5.41) is 11.3. The highest BCUT2D eigenvalue weighted by molar-refractivity contribution is 6.31. The van der Waals surface area contributed by atoms with E-state index in [0.29, 0.717) is 29.4 Å². The minimum absolute atomic E-state index is 0.255. The first-order chi connectivity index (χ1) is 11.5. The molecule has 8 heteroatoms. The predicted molar refractivity (Wildman–Crippen MR) is 88.6 cm³/mol. The van der Waals surface area contributed by atoms with E-state index in [-0.39, 0.29) is 11.7 Å². The van der Waals surface area contributed by atoms with E-state index >= 15 is 0 Å². The fraction of sp³-hybridized carbons (Fsp3) is 0.188. The number of nitrogens with one attached hydrogen (secondary N) is 1. The average molecular weight is 348 g/mol. The van der Waals surface area contributed by atoms with Crippen LogP contribution in [-0.2, 0) is 13.1 Å². The average Bonchev–Trinajstić information content (AvgIpc) is 3.19. The van der Waals surface area contributed by atoms with Crippen LogP contribution in [0.4, 0.5) is 10.1 Å². The summed E-state index contributed by atoms with van der Waals surface area (Å²) in [4.78, 5) is 12.1. The topological polar surface area (TPSA) is 64.7 Å². The molecular weight excluding hydrogens is 333 g/mol. The van der Waals surface area contributed by atoms with E-state index in [0.717, 1.165) is 5.56 Å². The first-order valence-corrected chi connectivity index (χ1v) is 7.73. The Morgan fingerprint density at radius 2 is 2.04 bits per heavy atom. The number of hydrogen-bond acceptors (Lipinski definition) is 3. The number of carbonyl (C=O) groups is 1. The van der Waals surface area contributed by atoms with Gasteiger partial charge in [-0.2, -0.15) is 10.2 Å². The molecule has 2 aromatic heterocycles. The van der Waals surface area contributed by atoms with Gasteiger partial charge in [0.2, 0.25) is 0 Å². The number of benzene rings is 1. The van der Waals surface area contributed by atoms with Crippen LogP contribution >= 0.6 is 11.6 Å². The normalized spacial score (nSPS) is 10.8. The van der Waals surface area contributed by atoms with Crippen LogP contribution in [0.2, 0.25) is 5.02 Å². The number of amides is 1. The van der Waals surface area contributed by atoms with Gasteiger partial charge in [-0.1, -0.05) is 17.7 Å². The molecule has 1 aromatic carbocycles. The summed E-state index contributed by atoms with van der Waals surface area (Å²) >= 11 is 6.01. The van der Waals surface area contributed by atoms with Crippen molar-refractivity contribution in [2.45, 2.75) is 20.0 Å². The maximum atomic E-state index is 13.1. The lowest BCUT2D eigenvalue weighted by atomic mass is 10.2. The molecule has 2 heterocycles. The smallest absolute Gasteiger partial charge is 0.258 e. The molecule has 6 nitrogen and oxygen atoms in total. The first-order valence-electron chi connectivity index (χ1n) is 7.35. The van der Waals surface area contributed by atoms with Gasteiger partial charge in [-0.25, -0.2) is 4.39 Å². The van der Waals surface area contributed by atoms with Crippen LogP contribution < -0.4 is 5.32 Å². The van der Waals surface area contributed by atoms with Crippen molar-refractivity contribution in [1.82, 2.24) is 19.6 Å². The quantitative estimate of drug-likeness (QED) is 0.770. The summed E-state index contributed by atoms with van der Waals surface area (Å²) in [6.07, 6.45) is 6.42. The van der Waals surface area contributed by atoms with Crippen LogP contribution in [0.25, 0.3) is 0 Å². The summed E-state index contributed by atoms with van der Waals surface area (Å²) in [5.41, 5.74) is 1.77.